The van der Waals surface area contributed by atoms with Gasteiger partial charge in [-0.2, -0.15) is 0 Å². The highest BCUT2D eigenvalue weighted by Crippen LogP contribution is 2.28. The number of nitrogens with zero attached hydrogens (tertiary/aromatic N) is 2. The highest BCUT2D eigenvalue weighted by molar-refractivity contribution is 5.95. The first-order chi connectivity index (χ1) is 12.0. The molecule has 140 valence electrons. The summed E-state index contributed by atoms with van der Waals surface area (Å²) in [5.74, 6) is 0.0215. The largest absolute Gasteiger partial charge is 0.378 e. The molecule has 0 bridgehead atoms. The van der Waals surface area contributed by atoms with E-state index in [4.69, 9.17) is 9.47 Å². The minimum absolute atomic E-state index is 0.0429. The lowest BCUT2D eigenvalue weighted by Crippen LogP contribution is -2.56. The van der Waals surface area contributed by atoms with Crippen molar-refractivity contribution in [2.45, 2.75) is 44.9 Å². The molecule has 3 unspecified atom stereocenters. The van der Waals surface area contributed by atoms with Crippen LogP contribution in [0.1, 0.15) is 26.7 Å². The number of amides is 3. The summed E-state index contributed by atoms with van der Waals surface area (Å²) >= 11 is 0. The van der Waals surface area contributed by atoms with Crippen LogP contribution < -0.4 is 5.32 Å². The Bertz CT molecular complexity index is 532. The first-order valence-corrected chi connectivity index (χ1v) is 9.05. The molecule has 3 aliphatic heterocycles. The minimum Gasteiger partial charge on any atom is -0.378 e. The summed E-state index contributed by atoms with van der Waals surface area (Å²) in [7, 11) is 0. The van der Waals surface area contributed by atoms with Gasteiger partial charge in [0, 0.05) is 19.6 Å². The molecule has 8 heteroatoms. The van der Waals surface area contributed by atoms with Gasteiger partial charge >= 0.3 is 6.03 Å². The molecule has 25 heavy (non-hydrogen) atoms. The molecule has 0 aromatic carbocycles. The van der Waals surface area contributed by atoms with Crippen LogP contribution in [-0.2, 0) is 19.1 Å². The van der Waals surface area contributed by atoms with Gasteiger partial charge in [-0.25, -0.2) is 4.79 Å². The number of carbonyl (C=O) groups is 3. The van der Waals surface area contributed by atoms with Crippen molar-refractivity contribution in [3.05, 3.63) is 0 Å². The van der Waals surface area contributed by atoms with Gasteiger partial charge in [0.15, 0.2) is 5.78 Å². The van der Waals surface area contributed by atoms with Crippen LogP contribution in [0.5, 0.6) is 0 Å². The fourth-order valence-electron chi connectivity index (χ4n) is 3.74. The molecule has 3 amide bonds. The molecule has 3 rings (SSSR count). The van der Waals surface area contributed by atoms with Crippen molar-refractivity contribution in [1.29, 1.82) is 0 Å². The van der Waals surface area contributed by atoms with Crippen molar-refractivity contribution in [1.82, 2.24) is 15.1 Å². The standard InChI is InChI=1S/C17H27N3O5/c1-11(2)9-12(18-17(23)19-5-7-24-8-6-19)16(22)20-4-3-14-15(20)13(21)10-25-14/h11-12,14-15H,3-10H2,1-2H3,(H,18,23). The van der Waals surface area contributed by atoms with Crippen LogP contribution in [0, 0.1) is 5.92 Å². The van der Waals surface area contributed by atoms with Crippen LogP contribution in [0.15, 0.2) is 0 Å². The molecule has 3 aliphatic rings. The number of Topliss-reactive ketones (excluding diaryl/α,β-unsaturated/α-hetero) is 1. The van der Waals surface area contributed by atoms with Crippen LogP contribution in [0.2, 0.25) is 0 Å². The van der Waals surface area contributed by atoms with Crippen molar-refractivity contribution in [2.24, 2.45) is 5.92 Å². The molecule has 0 saturated carbocycles. The van der Waals surface area contributed by atoms with Gasteiger partial charge in [-0.05, 0) is 18.8 Å². The summed E-state index contributed by atoms with van der Waals surface area (Å²) in [6, 6.07) is -1.35. The minimum atomic E-state index is -0.623. The van der Waals surface area contributed by atoms with Crippen molar-refractivity contribution in [3.8, 4) is 0 Å². The lowest BCUT2D eigenvalue weighted by molar-refractivity contribution is -0.138. The summed E-state index contributed by atoms with van der Waals surface area (Å²) < 4.78 is 10.7. The number of hydrogen-bond acceptors (Lipinski definition) is 5. The molecule has 8 nitrogen and oxygen atoms in total. The van der Waals surface area contributed by atoms with Crippen molar-refractivity contribution < 1.29 is 23.9 Å². The Labute approximate surface area is 147 Å². The van der Waals surface area contributed by atoms with Crippen molar-refractivity contribution >= 4 is 17.7 Å². The molecule has 0 aromatic heterocycles. The molecule has 3 fully saturated rings. The zero-order valence-corrected chi connectivity index (χ0v) is 14.9. The second kappa shape index (κ2) is 7.70. The van der Waals surface area contributed by atoms with E-state index >= 15 is 0 Å². The zero-order chi connectivity index (χ0) is 18.0. The molecule has 3 saturated heterocycles. The lowest BCUT2D eigenvalue weighted by atomic mass is 10.0. The smallest absolute Gasteiger partial charge is 0.318 e. The number of carbonyl (C=O) groups excluding carboxylic acids is 3. The predicted octanol–water partition coefficient (Wildman–Crippen LogP) is 0.0117. The SMILES string of the molecule is CC(C)CC(NC(=O)N1CCOCC1)C(=O)N1CCC2OCC(=O)C21. The average molecular weight is 353 g/mol. The monoisotopic (exact) mass is 353 g/mol. The molecule has 3 atom stereocenters. The van der Waals surface area contributed by atoms with E-state index in [1.807, 2.05) is 13.8 Å². The molecule has 0 aliphatic carbocycles. The number of hydrogen-bond donors (Lipinski definition) is 1. The van der Waals surface area contributed by atoms with E-state index in [0.29, 0.717) is 45.7 Å². The van der Waals surface area contributed by atoms with Crippen LogP contribution in [0.4, 0.5) is 4.79 Å². The van der Waals surface area contributed by atoms with Gasteiger partial charge in [0.2, 0.25) is 5.91 Å². The number of fused-ring (bicyclic) bond motifs is 1. The van der Waals surface area contributed by atoms with E-state index in [-0.39, 0.29) is 36.4 Å². The Morgan fingerprint density at radius 1 is 1.24 bits per heavy atom. The summed E-state index contributed by atoms with van der Waals surface area (Å²) in [4.78, 5) is 40.9. The predicted molar refractivity (Wildman–Crippen MR) is 89.0 cm³/mol. The third-order valence-corrected chi connectivity index (χ3v) is 5.00. The molecule has 3 heterocycles. The fourth-order valence-corrected chi connectivity index (χ4v) is 3.74. The maximum absolute atomic E-state index is 13.0. The van der Waals surface area contributed by atoms with Crippen molar-refractivity contribution in [3.63, 3.8) is 0 Å². The summed E-state index contributed by atoms with van der Waals surface area (Å²) in [6.45, 7) is 6.67. The van der Waals surface area contributed by atoms with E-state index in [0.717, 1.165) is 0 Å². The number of ether oxygens (including phenoxy) is 2. The van der Waals surface area contributed by atoms with E-state index in [1.54, 1.807) is 9.80 Å². The molecule has 0 aromatic rings. The van der Waals surface area contributed by atoms with Gasteiger partial charge < -0.3 is 24.6 Å². The number of urea groups is 1. The summed E-state index contributed by atoms with van der Waals surface area (Å²) in [5.41, 5.74) is 0. The van der Waals surface area contributed by atoms with Crippen molar-refractivity contribution in [2.75, 3.05) is 39.5 Å². The van der Waals surface area contributed by atoms with E-state index in [9.17, 15) is 14.4 Å². The van der Waals surface area contributed by atoms with Gasteiger partial charge in [-0.15, -0.1) is 0 Å². The van der Waals surface area contributed by atoms with Gasteiger partial charge in [-0.1, -0.05) is 13.8 Å². The van der Waals surface area contributed by atoms with Crippen LogP contribution in [0.3, 0.4) is 0 Å². The zero-order valence-electron chi connectivity index (χ0n) is 14.9. The maximum Gasteiger partial charge on any atom is 0.318 e. The Morgan fingerprint density at radius 2 is 1.96 bits per heavy atom. The third kappa shape index (κ3) is 3.95. The molecular weight excluding hydrogens is 326 g/mol. The number of ketones is 1. The van der Waals surface area contributed by atoms with Gasteiger partial charge in [0.05, 0.1) is 19.3 Å². The molecule has 0 radical (unpaired) electrons. The van der Waals surface area contributed by atoms with Crippen LogP contribution >= 0.6 is 0 Å². The second-order valence-electron chi connectivity index (χ2n) is 7.31. The van der Waals surface area contributed by atoms with E-state index in [2.05, 4.69) is 5.32 Å². The molecule has 1 N–H and O–H groups in total. The number of nitrogens with one attached hydrogen (secondary N) is 1. The average Bonchev–Trinajstić information content (AvgIpc) is 3.17. The first-order valence-electron chi connectivity index (χ1n) is 9.05. The Balaban J connectivity index is 1.68. The second-order valence-corrected chi connectivity index (χ2v) is 7.31. The van der Waals surface area contributed by atoms with Crippen LogP contribution in [0.25, 0.3) is 0 Å². The Kier molecular flexibility index (Phi) is 5.58. The first kappa shape index (κ1) is 18.1. The van der Waals surface area contributed by atoms with E-state index < -0.39 is 12.1 Å². The number of morpholine rings is 1. The maximum atomic E-state index is 13.0. The highest BCUT2D eigenvalue weighted by atomic mass is 16.5. The Morgan fingerprint density at radius 3 is 2.64 bits per heavy atom. The van der Waals surface area contributed by atoms with Gasteiger partial charge in [0.1, 0.15) is 18.7 Å². The normalized spacial score (nSPS) is 27.6. The van der Waals surface area contributed by atoms with E-state index in [1.165, 1.54) is 0 Å². The van der Waals surface area contributed by atoms with Gasteiger partial charge in [0.25, 0.3) is 0 Å². The fraction of sp³-hybridized carbons (Fsp3) is 0.824. The Hall–Kier alpha value is -1.67. The molecular formula is C17H27N3O5. The quantitative estimate of drug-likeness (QED) is 0.769. The summed E-state index contributed by atoms with van der Waals surface area (Å²) in [6.07, 6.45) is 1.03. The topological polar surface area (TPSA) is 88.2 Å². The molecule has 0 spiro atoms. The number of rotatable bonds is 4. The van der Waals surface area contributed by atoms with Crippen LogP contribution in [-0.4, -0.2) is 85.2 Å². The third-order valence-electron chi connectivity index (χ3n) is 5.00. The van der Waals surface area contributed by atoms with Gasteiger partial charge in [-0.3, -0.25) is 9.59 Å². The lowest BCUT2D eigenvalue weighted by Gasteiger charge is -2.32. The highest BCUT2D eigenvalue weighted by Gasteiger charge is 2.48. The number of likely N-dealkylation sites (tertiary alicyclic amines) is 1. The summed E-state index contributed by atoms with van der Waals surface area (Å²) in [5, 5.41) is 2.88.